The topological polar surface area (TPSA) is 12.5 Å². The molecule has 0 atom stereocenters. The second kappa shape index (κ2) is 4.97. The molecule has 2 nitrogen and oxygen atoms in total. The van der Waals surface area contributed by atoms with Crippen LogP contribution in [0.4, 0.5) is 0 Å². The summed E-state index contributed by atoms with van der Waals surface area (Å²) in [5.41, 5.74) is 2.49. The van der Waals surface area contributed by atoms with Crippen LogP contribution < -0.4 is 0 Å². The number of hydrogen-bond donors (Lipinski definition) is 0. The van der Waals surface area contributed by atoms with Gasteiger partial charge in [-0.2, -0.15) is 0 Å². The van der Waals surface area contributed by atoms with Gasteiger partial charge in [0.05, 0.1) is 13.2 Å². The quantitative estimate of drug-likeness (QED) is 0.767. The van der Waals surface area contributed by atoms with Gasteiger partial charge in [-0.1, -0.05) is 23.7 Å². The average molecular weight is 226 g/mol. The summed E-state index contributed by atoms with van der Waals surface area (Å²) in [6.07, 6.45) is 0. The highest BCUT2D eigenvalue weighted by molar-refractivity contribution is 6.31. The summed E-state index contributed by atoms with van der Waals surface area (Å²) in [4.78, 5) is 2.41. The highest BCUT2D eigenvalue weighted by atomic mass is 35.5. The van der Waals surface area contributed by atoms with E-state index in [9.17, 15) is 0 Å². The molecule has 0 unspecified atom stereocenters. The molecule has 15 heavy (non-hydrogen) atoms. The van der Waals surface area contributed by atoms with Crippen LogP contribution in [0.15, 0.2) is 18.2 Å². The van der Waals surface area contributed by atoms with E-state index in [1.54, 1.807) is 0 Å². The highest BCUT2D eigenvalue weighted by Crippen LogP contribution is 2.17. The molecule has 0 amide bonds. The maximum atomic E-state index is 5.99. The van der Waals surface area contributed by atoms with Crippen LogP contribution in [-0.2, 0) is 11.3 Å². The first kappa shape index (κ1) is 10.9. The Morgan fingerprint density at radius 3 is 2.73 bits per heavy atom. The van der Waals surface area contributed by atoms with Gasteiger partial charge in [0.15, 0.2) is 0 Å². The number of nitrogens with zero attached hydrogens (tertiary/aromatic N) is 1. The zero-order chi connectivity index (χ0) is 10.7. The van der Waals surface area contributed by atoms with Crippen molar-refractivity contribution in [3.8, 4) is 0 Å². The van der Waals surface area contributed by atoms with Crippen LogP contribution in [0.1, 0.15) is 11.1 Å². The minimum absolute atomic E-state index is 0.848. The van der Waals surface area contributed by atoms with Gasteiger partial charge in [-0.05, 0) is 24.1 Å². The number of morpholine rings is 1. The zero-order valence-electron chi connectivity index (χ0n) is 9.00. The molecule has 1 aromatic rings. The third-order valence-electron chi connectivity index (χ3n) is 2.73. The molecule has 0 N–H and O–H groups in total. The molecule has 2 rings (SSSR count). The maximum absolute atomic E-state index is 5.99. The molecule has 1 aliphatic rings. The Hall–Kier alpha value is -0.570. The Morgan fingerprint density at radius 2 is 2.07 bits per heavy atom. The molecule has 0 saturated carbocycles. The lowest BCUT2D eigenvalue weighted by Crippen LogP contribution is -2.35. The first-order valence-electron chi connectivity index (χ1n) is 5.31. The summed E-state index contributed by atoms with van der Waals surface area (Å²) < 4.78 is 5.32. The highest BCUT2D eigenvalue weighted by Gasteiger charge is 2.10. The van der Waals surface area contributed by atoms with Crippen molar-refractivity contribution >= 4 is 11.6 Å². The van der Waals surface area contributed by atoms with Crippen LogP contribution in [0.25, 0.3) is 0 Å². The zero-order valence-corrected chi connectivity index (χ0v) is 9.76. The first-order valence-corrected chi connectivity index (χ1v) is 5.68. The lowest BCUT2D eigenvalue weighted by Gasteiger charge is -2.26. The third-order valence-corrected chi connectivity index (χ3v) is 3.16. The lowest BCUT2D eigenvalue weighted by atomic mass is 10.1. The predicted molar refractivity (Wildman–Crippen MR) is 62.3 cm³/mol. The van der Waals surface area contributed by atoms with Crippen molar-refractivity contribution in [2.24, 2.45) is 0 Å². The fourth-order valence-electron chi connectivity index (χ4n) is 1.82. The number of rotatable bonds is 2. The molecule has 1 saturated heterocycles. The fraction of sp³-hybridized carbons (Fsp3) is 0.500. The Balaban J connectivity index is 2.00. The smallest absolute Gasteiger partial charge is 0.0594 e. The van der Waals surface area contributed by atoms with E-state index >= 15 is 0 Å². The third kappa shape index (κ3) is 2.94. The molecular formula is C12H16ClNO. The van der Waals surface area contributed by atoms with Crippen LogP contribution in [0.2, 0.25) is 5.02 Å². The molecule has 0 spiro atoms. The average Bonchev–Trinajstić information content (AvgIpc) is 2.25. The van der Waals surface area contributed by atoms with Gasteiger partial charge in [-0.15, -0.1) is 0 Å². The van der Waals surface area contributed by atoms with Crippen LogP contribution >= 0.6 is 11.6 Å². The predicted octanol–water partition coefficient (Wildman–Crippen LogP) is 2.48. The Kier molecular flexibility index (Phi) is 3.62. The van der Waals surface area contributed by atoms with Gasteiger partial charge in [0.2, 0.25) is 0 Å². The molecular weight excluding hydrogens is 210 g/mol. The van der Waals surface area contributed by atoms with Crippen molar-refractivity contribution in [3.63, 3.8) is 0 Å². The number of benzene rings is 1. The molecule has 1 aliphatic heterocycles. The molecule has 1 heterocycles. The molecule has 0 aliphatic carbocycles. The summed E-state index contributed by atoms with van der Waals surface area (Å²) in [7, 11) is 0. The van der Waals surface area contributed by atoms with Crippen molar-refractivity contribution < 1.29 is 4.74 Å². The molecule has 82 valence electrons. The largest absolute Gasteiger partial charge is 0.379 e. The van der Waals surface area contributed by atoms with Crippen LogP contribution in [-0.4, -0.2) is 31.2 Å². The summed E-state index contributed by atoms with van der Waals surface area (Å²) >= 11 is 5.99. The van der Waals surface area contributed by atoms with E-state index in [-0.39, 0.29) is 0 Å². The van der Waals surface area contributed by atoms with E-state index in [1.165, 1.54) is 5.56 Å². The maximum Gasteiger partial charge on any atom is 0.0594 e. The second-order valence-corrected chi connectivity index (χ2v) is 4.38. The number of ether oxygens (including phenoxy) is 1. The monoisotopic (exact) mass is 225 g/mol. The Morgan fingerprint density at radius 1 is 1.33 bits per heavy atom. The van der Waals surface area contributed by atoms with E-state index in [1.807, 2.05) is 13.0 Å². The standard InChI is InChI=1S/C12H16ClNO/c1-10-8-11(2-3-12(10)13)9-14-4-6-15-7-5-14/h2-3,8H,4-7,9H2,1H3. The van der Waals surface area contributed by atoms with E-state index < -0.39 is 0 Å². The molecule has 0 radical (unpaired) electrons. The molecule has 1 fully saturated rings. The van der Waals surface area contributed by atoms with Crippen molar-refractivity contribution in [2.75, 3.05) is 26.3 Å². The summed E-state index contributed by atoms with van der Waals surface area (Å²) in [6.45, 7) is 6.81. The SMILES string of the molecule is Cc1cc(CN2CCOCC2)ccc1Cl. The first-order chi connectivity index (χ1) is 7.25. The van der Waals surface area contributed by atoms with Crippen molar-refractivity contribution in [1.29, 1.82) is 0 Å². The van der Waals surface area contributed by atoms with Crippen LogP contribution in [0.3, 0.4) is 0 Å². The van der Waals surface area contributed by atoms with Gasteiger partial charge in [-0.3, -0.25) is 4.90 Å². The minimum Gasteiger partial charge on any atom is -0.379 e. The molecule has 0 aromatic heterocycles. The van der Waals surface area contributed by atoms with Crippen molar-refractivity contribution in [1.82, 2.24) is 4.90 Å². The number of halogens is 1. The fourth-order valence-corrected chi connectivity index (χ4v) is 1.94. The van der Waals surface area contributed by atoms with E-state index in [0.717, 1.165) is 43.4 Å². The van der Waals surface area contributed by atoms with Gasteiger partial charge in [-0.25, -0.2) is 0 Å². The Labute approximate surface area is 95.8 Å². The summed E-state index contributed by atoms with van der Waals surface area (Å²) in [6, 6.07) is 6.25. The normalized spacial score (nSPS) is 18.0. The molecule has 0 bridgehead atoms. The van der Waals surface area contributed by atoms with E-state index in [4.69, 9.17) is 16.3 Å². The summed E-state index contributed by atoms with van der Waals surface area (Å²) in [5, 5.41) is 0.848. The number of hydrogen-bond acceptors (Lipinski definition) is 2. The van der Waals surface area contributed by atoms with Gasteiger partial charge in [0.25, 0.3) is 0 Å². The van der Waals surface area contributed by atoms with Crippen LogP contribution in [0.5, 0.6) is 0 Å². The summed E-state index contributed by atoms with van der Waals surface area (Å²) in [5.74, 6) is 0. The van der Waals surface area contributed by atoms with Crippen LogP contribution in [0, 0.1) is 6.92 Å². The van der Waals surface area contributed by atoms with Crippen molar-refractivity contribution in [3.05, 3.63) is 34.3 Å². The van der Waals surface area contributed by atoms with Gasteiger partial charge < -0.3 is 4.74 Å². The lowest BCUT2D eigenvalue weighted by molar-refractivity contribution is 0.0342. The van der Waals surface area contributed by atoms with Gasteiger partial charge in [0, 0.05) is 24.7 Å². The van der Waals surface area contributed by atoms with E-state index in [0.29, 0.717) is 0 Å². The number of aryl methyl sites for hydroxylation is 1. The molecule has 1 aromatic carbocycles. The Bertz CT molecular complexity index is 334. The molecule has 3 heteroatoms. The minimum atomic E-state index is 0.848. The second-order valence-electron chi connectivity index (χ2n) is 3.97. The van der Waals surface area contributed by atoms with Gasteiger partial charge >= 0.3 is 0 Å². The van der Waals surface area contributed by atoms with Crippen molar-refractivity contribution in [2.45, 2.75) is 13.5 Å². The van der Waals surface area contributed by atoms with Gasteiger partial charge in [0.1, 0.15) is 0 Å². The van der Waals surface area contributed by atoms with E-state index in [2.05, 4.69) is 17.0 Å².